The Hall–Kier alpha value is -1.30. The van der Waals surface area contributed by atoms with E-state index in [1.165, 1.54) is 4.90 Å². The molecule has 0 aliphatic rings. The second-order valence-corrected chi connectivity index (χ2v) is 5.73. The molecule has 0 aliphatic carbocycles. The molecule has 2 amide bonds. The van der Waals surface area contributed by atoms with Gasteiger partial charge in [0.2, 0.25) is 0 Å². The van der Waals surface area contributed by atoms with E-state index in [0.29, 0.717) is 10.7 Å². The summed E-state index contributed by atoms with van der Waals surface area (Å²) < 4.78 is 0. The first-order chi connectivity index (χ1) is 9.33. The van der Waals surface area contributed by atoms with Gasteiger partial charge in [0.15, 0.2) is 0 Å². The molecule has 0 bridgehead atoms. The number of hydrogen-bond acceptors (Lipinski definition) is 3. The molecule has 0 heterocycles. The zero-order chi connectivity index (χ0) is 15.3. The van der Waals surface area contributed by atoms with Gasteiger partial charge in [-0.1, -0.05) is 30.7 Å². The normalized spacial score (nSPS) is 11.3. The monoisotopic (exact) mass is 300 g/mol. The highest BCUT2D eigenvalue weighted by Crippen LogP contribution is 2.25. The van der Waals surface area contributed by atoms with Gasteiger partial charge in [-0.3, -0.25) is 0 Å². The van der Waals surface area contributed by atoms with Gasteiger partial charge < -0.3 is 20.4 Å². The summed E-state index contributed by atoms with van der Waals surface area (Å²) in [5.41, 5.74) is 0.684. The van der Waals surface area contributed by atoms with Crippen molar-refractivity contribution >= 4 is 23.3 Å². The predicted octanol–water partition coefficient (Wildman–Crippen LogP) is 2.10. The predicted molar refractivity (Wildman–Crippen MR) is 80.1 cm³/mol. The molecule has 0 atom stereocenters. The SMILES string of the molecule is Cc1cccc(NC(=O)N(C)CC(C)(CO)CO)c1Cl. The molecule has 0 saturated carbocycles. The van der Waals surface area contributed by atoms with Crippen LogP contribution in [0.25, 0.3) is 0 Å². The number of nitrogens with zero attached hydrogens (tertiary/aromatic N) is 1. The minimum absolute atomic E-state index is 0.202. The Morgan fingerprint density at radius 2 is 2.00 bits per heavy atom. The van der Waals surface area contributed by atoms with Crippen molar-refractivity contribution in [3.8, 4) is 0 Å². The van der Waals surface area contributed by atoms with E-state index in [0.717, 1.165) is 5.56 Å². The highest BCUT2D eigenvalue weighted by molar-refractivity contribution is 6.34. The van der Waals surface area contributed by atoms with Gasteiger partial charge in [-0.15, -0.1) is 0 Å². The fourth-order valence-electron chi connectivity index (χ4n) is 1.75. The van der Waals surface area contributed by atoms with Crippen LogP contribution in [-0.2, 0) is 0 Å². The van der Waals surface area contributed by atoms with E-state index in [9.17, 15) is 15.0 Å². The van der Waals surface area contributed by atoms with Crippen molar-refractivity contribution in [1.82, 2.24) is 4.90 Å². The van der Waals surface area contributed by atoms with Crippen LogP contribution in [-0.4, -0.2) is 48.0 Å². The summed E-state index contributed by atoms with van der Waals surface area (Å²) >= 11 is 6.12. The molecule has 20 heavy (non-hydrogen) atoms. The zero-order valence-electron chi connectivity index (χ0n) is 12.0. The number of carbonyl (C=O) groups excluding carboxylic acids is 1. The molecule has 0 aromatic heterocycles. The van der Waals surface area contributed by atoms with Crippen LogP contribution in [0.2, 0.25) is 5.02 Å². The second-order valence-electron chi connectivity index (χ2n) is 5.35. The first-order valence-corrected chi connectivity index (χ1v) is 6.70. The first-order valence-electron chi connectivity index (χ1n) is 6.32. The topological polar surface area (TPSA) is 72.8 Å². The van der Waals surface area contributed by atoms with E-state index in [4.69, 9.17) is 11.6 Å². The zero-order valence-corrected chi connectivity index (χ0v) is 12.7. The van der Waals surface area contributed by atoms with Crippen LogP contribution in [0.5, 0.6) is 0 Å². The maximum Gasteiger partial charge on any atom is 0.321 e. The Morgan fingerprint density at radius 1 is 1.40 bits per heavy atom. The van der Waals surface area contributed by atoms with Crippen molar-refractivity contribution < 1.29 is 15.0 Å². The summed E-state index contributed by atoms with van der Waals surface area (Å²) in [6, 6.07) is 5.04. The Labute approximate surface area is 124 Å². The molecule has 3 N–H and O–H groups in total. The van der Waals surface area contributed by atoms with Crippen LogP contribution >= 0.6 is 11.6 Å². The first kappa shape index (κ1) is 16.8. The molecule has 112 valence electrons. The maximum absolute atomic E-state index is 12.1. The van der Waals surface area contributed by atoms with Gasteiger partial charge in [0.1, 0.15) is 0 Å². The molecule has 0 spiro atoms. The molecule has 0 fully saturated rings. The third kappa shape index (κ3) is 4.10. The summed E-state index contributed by atoms with van der Waals surface area (Å²) in [6.07, 6.45) is 0. The van der Waals surface area contributed by atoms with Gasteiger partial charge >= 0.3 is 6.03 Å². The molecule has 0 saturated heterocycles. The second kappa shape index (κ2) is 6.92. The molecular weight excluding hydrogens is 280 g/mol. The van der Waals surface area contributed by atoms with Crippen LogP contribution in [0.4, 0.5) is 10.5 Å². The number of carbonyl (C=O) groups is 1. The number of aryl methyl sites for hydroxylation is 1. The van der Waals surface area contributed by atoms with E-state index >= 15 is 0 Å². The Bertz CT molecular complexity index is 475. The quantitative estimate of drug-likeness (QED) is 0.780. The van der Waals surface area contributed by atoms with Gasteiger partial charge in [-0.2, -0.15) is 0 Å². The summed E-state index contributed by atoms with van der Waals surface area (Å²) in [7, 11) is 1.60. The van der Waals surface area contributed by atoms with Crippen molar-refractivity contribution in [3.63, 3.8) is 0 Å². The van der Waals surface area contributed by atoms with E-state index in [2.05, 4.69) is 5.32 Å². The summed E-state index contributed by atoms with van der Waals surface area (Å²) in [5, 5.41) is 21.7. The van der Waals surface area contributed by atoms with Gasteiger partial charge in [-0.25, -0.2) is 4.79 Å². The lowest BCUT2D eigenvalue weighted by molar-refractivity contribution is 0.0509. The third-order valence-electron chi connectivity index (χ3n) is 3.16. The van der Waals surface area contributed by atoms with Crippen molar-refractivity contribution in [3.05, 3.63) is 28.8 Å². The highest BCUT2D eigenvalue weighted by atomic mass is 35.5. The fourth-order valence-corrected chi connectivity index (χ4v) is 1.92. The number of amides is 2. The average Bonchev–Trinajstić information content (AvgIpc) is 2.43. The number of aliphatic hydroxyl groups is 2. The minimum atomic E-state index is -0.734. The number of rotatable bonds is 5. The van der Waals surface area contributed by atoms with E-state index in [-0.39, 0.29) is 25.8 Å². The lowest BCUT2D eigenvalue weighted by Gasteiger charge is -2.30. The molecular formula is C14H21ClN2O3. The Morgan fingerprint density at radius 3 is 2.55 bits per heavy atom. The molecule has 5 nitrogen and oxygen atoms in total. The molecule has 0 unspecified atom stereocenters. The Balaban J connectivity index is 2.73. The minimum Gasteiger partial charge on any atom is -0.396 e. The summed E-state index contributed by atoms with van der Waals surface area (Å²) in [4.78, 5) is 13.5. The van der Waals surface area contributed by atoms with Crippen molar-refractivity contribution in [2.24, 2.45) is 5.41 Å². The van der Waals surface area contributed by atoms with Crippen LogP contribution < -0.4 is 5.32 Å². The van der Waals surface area contributed by atoms with Gasteiger partial charge in [0, 0.05) is 19.0 Å². The molecule has 0 radical (unpaired) electrons. The van der Waals surface area contributed by atoms with Gasteiger partial charge in [-0.05, 0) is 18.6 Å². The standard InChI is InChI=1S/C14H21ClN2O3/c1-10-5-4-6-11(12(10)15)16-13(20)17(3)7-14(2,8-18)9-19/h4-6,18-19H,7-9H2,1-3H3,(H,16,20). The molecule has 1 aromatic rings. The average molecular weight is 301 g/mol. The van der Waals surface area contributed by atoms with E-state index in [1.54, 1.807) is 20.0 Å². The maximum atomic E-state index is 12.1. The van der Waals surface area contributed by atoms with E-state index < -0.39 is 5.41 Å². The lowest BCUT2D eigenvalue weighted by Crippen LogP contribution is -2.43. The van der Waals surface area contributed by atoms with Crippen LogP contribution in [0.1, 0.15) is 12.5 Å². The summed E-state index contributed by atoms with van der Waals surface area (Å²) in [6.45, 7) is 3.39. The number of benzene rings is 1. The van der Waals surface area contributed by atoms with Crippen molar-refractivity contribution in [2.45, 2.75) is 13.8 Å². The number of aliphatic hydroxyl groups excluding tert-OH is 2. The van der Waals surface area contributed by atoms with E-state index in [1.807, 2.05) is 19.1 Å². The third-order valence-corrected chi connectivity index (χ3v) is 3.66. The van der Waals surface area contributed by atoms with Crippen molar-refractivity contribution in [2.75, 3.05) is 32.1 Å². The molecule has 1 aromatic carbocycles. The number of hydrogen-bond donors (Lipinski definition) is 3. The van der Waals surface area contributed by atoms with Crippen LogP contribution in [0, 0.1) is 12.3 Å². The van der Waals surface area contributed by atoms with Crippen LogP contribution in [0.15, 0.2) is 18.2 Å². The molecule has 0 aliphatic heterocycles. The van der Waals surface area contributed by atoms with Gasteiger partial charge in [0.25, 0.3) is 0 Å². The number of urea groups is 1. The fraction of sp³-hybridized carbons (Fsp3) is 0.500. The molecule has 1 rings (SSSR count). The Kier molecular flexibility index (Phi) is 5.80. The lowest BCUT2D eigenvalue weighted by atomic mass is 9.92. The number of anilines is 1. The van der Waals surface area contributed by atoms with Gasteiger partial charge in [0.05, 0.1) is 23.9 Å². The van der Waals surface area contributed by atoms with Crippen molar-refractivity contribution in [1.29, 1.82) is 0 Å². The summed E-state index contributed by atoms with van der Waals surface area (Å²) in [5.74, 6) is 0. The highest BCUT2D eigenvalue weighted by Gasteiger charge is 2.26. The number of halogens is 1. The van der Waals surface area contributed by atoms with Crippen LogP contribution in [0.3, 0.4) is 0 Å². The number of nitrogens with one attached hydrogen (secondary N) is 1. The largest absolute Gasteiger partial charge is 0.396 e. The molecule has 6 heteroatoms. The smallest absolute Gasteiger partial charge is 0.321 e.